The van der Waals surface area contributed by atoms with Gasteiger partial charge in [-0.25, -0.2) is 5.01 Å². The van der Waals surface area contributed by atoms with E-state index in [2.05, 4.69) is 0 Å². The molecule has 2 aliphatic rings. The lowest BCUT2D eigenvalue weighted by Crippen LogP contribution is -2.56. The van der Waals surface area contributed by atoms with Crippen molar-refractivity contribution in [3.8, 4) is 0 Å². The Bertz CT molecular complexity index is 1150. The Labute approximate surface area is 197 Å². The lowest BCUT2D eigenvalue weighted by Gasteiger charge is -2.34. The van der Waals surface area contributed by atoms with Crippen LogP contribution < -0.4 is 0 Å². The minimum Gasteiger partial charge on any atom is -0.292 e. The Morgan fingerprint density at radius 2 is 1.52 bits per heavy atom. The van der Waals surface area contributed by atoms with Crippen LogP contribution >= 0.6 is 11.6 Å². The van der Waals surface area contributed by atoms with Crippen LogP contribution in [-0.2, 0) is 9.59 Å². The molecule has 1 aliphatic carbocycles. The van der Waals surface area contributed by atoms with E-state index < -0.39 is 35.6 Å². The van der Waals surface area contributed by atoms with Gasteiger partial charge in [-0.3, -0.25) is 19.2 Å². The molecule has 0 N–H and O–H groups in total. The second-order valence-electron chi connectivity index (χ2n) is 8.75. The highest BCUT2D eigenvalue weighted by molar-refractivity contribution is 6.30. The summed E-state index contributed by atoms with van der Waals surface area (Å²) in [5.74, 6) is -2.90. The van der Waals surface area contributed by atoms with Crippen LogP contribution in [0, 0.1) is 18.8 Å². The molecule has 0 radical (unpaired) electrons. The summed E-state index contributed by atoms with van der Waals surface area (Å²) in [6.45, 7) is 5.38. The largest absolute Gasteiger partial charge is 0.292 e. The van der Waals surface area contributed by atoms with Crippen LogP contribution in [0.3, 0.4) is 0 Å². The van der Waals surface area contributed by atoms with Gasteiger partial charge in [-0.1, -0.05) is 53.1 Å². The van der Waals surface area contributed by atoms with Crippen LogP contribution in [0.5, 0.6) is 0 Å². The minimum absolute atomic E-state index is 0.229. The van der Waals surface area contributed by atoms with Crippen molar-refractivity contribution >= 4 is 35.1 Å². The van der Waals surface area contributed by atoms with E-state index in [1.54, 1.807) is 43.3 Å². The molecule has 0 spiro atoms. The molecule has 4 rings (SSSR count). The number of rotatable bonds is 5. The molecule has 33 heavy (non-hydrogen) atoms. The average Bonchev–Trinajstić information content (AvgIpc) is 3.04. The first-order valence-corrected chi connectivity index (χ1v) is 11.3. The number of benzene rings is 2. The van der Waals surface area contributed by atoms with Gasteiger partial charge in [0.15, 0.2) is 5.78 Å². The van der Waals surface area contributed by atoms with E-state index in [0.717, 1.165) is 21.2 Å². The predicted molar refractivity (Wildman–Crippen MR) is 124 cm³/mol. The molecule has 1 aliphatic heterocycles. The number of nitrogens with zero attached hydrogens (tertiary/aromatic N) is 2. The third kappa shape index (κ3) is 4.23. The fourth-order valence-electron chi connectivity index (χ4n) is 4.47. The van der Waals surface area contributed by atoms with Crippen LogP contribution in [0.2, 0.25) is 5.02 Å². The number of carbonyl (C=O) groups is 4. The van der Waals surface area contributed by atoms with Crippen molar-refractivity contribution < 1.29 is 19.2 Å². The summed E-state index contributed by atoms with van der Waals surface area (Å²) in [6.07, 6.45) is 2.87. The second kappa shape index (κ2) is 8.94. The predicted octanol–water partition coefficient (Wildman–Crippen LogP) is 4.62. The molecule has 1 saturated heterocycles. The van der Waals surface area contributed by atoms with Gasteiger partial charge in [0.25, 0.3) is 17.7 Å². The number of allylic oxidation sites excluding steroid dienone is 2. The first-order valence-electron chi connectivity index (χ1n) is 10.9. The maximum Gasteiger partial charge on any atom is 0.273 e. The molecule has 0 saturated carbocycles. The van der Waals surface area contributed by atoms with Crippen LogP contribution in [0.25, 0.3) is 0 Å². The number of hydrazine groups is 1. The highest BCUT2D eigenvalue weighted by Gasteiger charge is 2.53. The molecule has 3 atom stereocenters. The maximum atomic E-state index is 13.6. The van der Waals surface area contributed by atoms with Gasteiger partial charge in [0, 0.05) is 16.1 Å². The minimum atomic E-state index is -1.07. The van der Waals surface area contributed by atoms with Gasteiger partial charge in [0.05, 0.1) is 11.8 Å². The first kappa shape index (κ1) is 22.9. The van der Waals surface area contributed by atoms with Gasteiger partial charge in [0.2, 0.25) is 0 Å². The summed E-state index contributed by atoms with van der Waals surface area (Å²) in [5, 5.41) is 2.39. The van der Waals surface area contributed by atoms with Crippen LogP contribution in [0.4, 0.5) is 0 Å². The number of carbonyl (C=O) groups excluding carboxylic acids is 4. The molecular formula is C26H25ClN2O4. The van der Waals surface area contributed by atoms with Gasteiger partial charge in [-0.2, -0.15) is 5.01 Å². The van der Waals surface area contributed by atoms with E-state index in [1.807, 2.05) is 19.9 Å². The molecule has 1 fully saturated rings. The number of hydrogen-bond donors (Lipinski definition) is 0. The van der Waals surface area contributed by atoms with Gasteiger partial charge in [-0.15, -0.1) is 0 Å². The van der Waals surface area contributed by atoms with Crippen LogP contribution in [-0.4, -0.2) is 39.6 Å². The lowest BCUT2D eigenvalue weighted by molar-refractivity contribution is -0.156. The molecular weight excluding hydrogens is 440 g/mol. The zero-order chi connectivity index (χ0) is 23.9. The second-order valence-corrected chi connectivity index (χ2v) is 9.19. The third-order valence-electron chi connectivity index (χ3n) is 6.40. The number of ketones is 1. The molecule has 170 valence electrons. The number of amides is 3. The normalized spacial score (nSPS) is 20.8. The van der Waals surface area contributed by atoms with E-state index in [0.29, 0.717) is 23.4 Å². The van der Waals surface area contributed by atoms with E-state index in [-0.39, 0.29) is 11.3 Å². The summed E-state index contributed by atoms with van der Waals surface area (Å²) in [4.78, 5) is 53.7. The van der Waals surface area contributed by atoms with Crippen molar-refractivity contribution in [2.75, 3.05) is 0 Å². The summed E-state index contributed by atoms with van der Waals surface area (Å²) in [6, 6.07) is 12.0. The van der Waals surface area contributed by atoms with Gasteiger partial charge in [-0.05, 0) is 57.9 Å². The van der Waals surface area contributed by atoms with Crippen molar-refractivity contribution in [1.82, 2.24) is 10.0 Å². The molecule has 2 aromatic carbocycles. The first-order chi connectivity index (χ1) is 15.7. The van der Waals surface area contributed by atoms with Gasteiger partial charge in [0.1, 0.15) is 6.04 Å². The molecule has 7 heteroatoms. The van der Waals surface area contributed by atoms with Crippen molar-refractivity contribution in [2.45, 2.75) is 39.7 Å². The summed E-state index contributed by atoms with van der Waals surface area (Å²) in [7, 11) is 0. The molecule has 2 aromatic rings. The van der Waals surface area contributed by atoms with Crippen LogP contribution in [0.1, 0.15) is 53.0 Å². The monoisotopic (exact) mass is 464 g/mol. The highest BCUT2D eigenvalue weighted by atomic mass is 35.5. The number of imide groups is 1. The molecule has 0 aromatic heterocycles. The zero-order valence-electron chi connectivity index (χ0n) is 18.7. The Morgan fingerprint density at radius 3 is 2.15 bits per heavy atom. The Hall–Kier alpha value is -3.25. The smallest absolute Gasteiger partial charge is 0.273 e. The molecule has 6 nitrogen and oxygen atoms in total. The number of aryl methyl sites for hydroxylation is 1. The number of Topliss-reactive ketones (excluding diaryl/α,β-unsaturated/α-hetero) is 1. The Morgan fingerprint density at radius 1 is 0.939 bits per heavy atom. The van der Waals surface area contributed by atoms with Crippen LogP contribution in [0.15, 0.2) is 60.2 Å². The fourth-order valence-corrected chi connectivity index (χ4v) is 4.59. The van der Waals surface area contributed by atoms with Gasteiger partial charge >= 0.3 is 0 Å². The van der Waals surface area contributed by atoms with E-state index in [9.17, 15) is 19.2 Å². The fraction of sp³-hybridized carbons (Fsp3) is 0.308. The summed E-state index contributed by atoms with van der Waals surface area (Å²) >= 11 is 5.97. The quantitative estimate of drug-likeness (QED) is 0.367. The standard InChI is InChI=1S/C26H25ClN2O4/c1-15-4-7-18(8-5-15)23(30)17(3)28(24(31)19-9-11-20(27)12-10-19)29-25(32)21-13-6-16(2)14-22(21)26(29)33/h4-12,17,21-22H,13-14H2,1-3H3/t17-,21-,22+/m0/s1. The zero-order valence-corrected chi connectivity index (χ0v) is 19.5. The maximum absolute atomic E-state index is 13.6. The summed E-state index contributed by atoms with van der Waals surface area (Å²) < 4.78 is 0. The van der Waals surface area contributed by atoms with Crippen molar-refractivity contribution in [1.29, 1.82) is 0 Å². The SMILES string of the molecule is CC1=CC[C@@H]2C(=O)N(N(C(=O)c3ccc(Cl)cc3)[C@@H](C)C(=O)c3ccc(C)cc3)C(=O)[C@@H]2C1. The molecule has 0 unspecified atom stereocenters. The summed E-state index contributed by atoms with van der Waals surface area (Å²) in [5.41, 5.74) is 2.66. The lowest BCUT2D eigenvalue weighted by atomic mass is 9.82. The van der Waals surface area contributed by atoms with Gasteiger partial charge < -0.3 is 0 Å². The van der Waals surface area contributed by atoms with E-state index in [4.69, 9.17) is 11.6 Å². The van der Waals surface area contributed by atoms with Crippen molar-refractivity contribution in [3.63, 3.8) is 0 Å². The molecule has 3 amide bonds. The highest BCUT2D eigenvalue weighted by Crippen LogP contribution is 2.39. The van der Waals surface area contributed by atoms with Crippen molar-refractivity contribution in [2.24, 2.45) is 11.8 Å². The number of halogens is 1. The third-order valence-corrected chi connectivity index (χ3v) is 6.65. The number of fused-ring (bicyclic) bond motifs is 1. The van der Waals surface area contributed by atoms with Crippen molar-refractivity contribution in [3.05, 3.63) is 81.9 Å². The average molecular weight is 465 g/mol. The number of hydrogen-bond acceptors (Lipinski definition) is 4. The topological polar surface area (TPSA) is 74.8 Å². The Balaban J connectivity index is 1.74. The van der Waals surface area contributed by atoms with E-state index >= 15 is 0 Å². The van der Waals surface area contributed by atoms with E-state index in [1.165, 1.54) is 12.1 Å². The molecule has 1 heterocycles. The molecule has 0 bridgehead atoms. The Kier molecular flexibility index (Phi) is 6.21.